The number of nitrogens with zero attached hydrogens (tertiary/aromatic N) is 1. The topological polar surface area (TPSA) is 47.9 Å². The van der Waals surface area contributed by atoms with Crippen LogP contribution in [0.1, 0.15) is 33.1 Å². The highest BCUT2D eigenvalue weighted by molar-refractivity contribution is 6.04. The molecule has 0 spiro atoms. The highest BCUT2D eigenvalue weighted by Gasteiger charge is 2.30. The van der Waals surface area contributed by atoms with Gasteiger partial charge in [-0.1, -0.05) is 13.8 Å². The highest BCUT2D eigenvalue weighted by atomic mass is 16.7. The Morgan fingerprint density at radius 3 is 2.44 bits per heavy atom. The van der Waals surface area contributed by atoms with Crippen LogP contribution in [0.3, 0.4) is 0 Å². The van der Waals surface area contributed by atoms with Gasteiger partial charge in [-0.3, -0.25) is 9.79 Å². The van der Waals surface area contributed by atoms with E-state index >= 15 is 0 Å². The number of carbonyl (C=O) groups excluding carboxylic acids is 1. The summed E-state index contributed by atoms with van der Waals surface area (Å²) in [5, 5.41) is 0. The Morgan fingerprint density at radius 1 is 1.31 bits per heavy atom. The monoisotopic (exact) mass is 227 g/mol. The van der Waals surface area contributed by atoms with E-state index < -0.39 is 0 Å². The third kappa shape index (κ3) is 4.02. The first-order chi connectivity index (χ1) is 7.46. The predicted octanol–water partition coefficient (Wildman–Crippen LogP) is 1.83. The number of Topliss-reactive ketones (excluding diaryl/α,β-unsaturated/α-hetero) is 1. The molecule has 0 radical (unpaired) electrons. The van der Waals surface area contributed by atoms with Crippen molar-refractivity contribution in [2.24, 2.45) is 10.4 Å². The second-order valence-corrected chi connectivity index (χ2v) is 5.04. The van der Waals surface area contributed by atoms with E-state index in [0.717, 1.165) is 12.1 Å². The average Bonchev–Trinajstić information content (AvgIpc) is 2.16. The van der Waals surface area contributed by atoms with Gasteiger partial charge in [0.1, 0.15) is 5.78 Å². The van der Waals surface area contributed by atoms with Crippen LogP contribution in [-0.4, -0.2) is 38.5 Å². The Kier molecular flexibility index (Phi) is 4.62. The molecule has 0 N–H and O–H groups in total. The molecule has 0 bridgehead atoms. The second-order valence-electron chi connectivity index (χ2n) is 5.04. The first-order valence-electron chi connectivity index (χ1n) is 5.56. The first-order valence-corrected chi connectivity index (χ1v) is 5.56. The maximum atomic E-state index is 11.5. The predicted molar refractivity (Wildman–Crippen MR) is 62.7 cm³/mol. The van der Waals surface area contributed by atoms with E-state index in [1.807, 2.05) is 0 Å². The van der Waals surface area contributed by atoms with E-state index in [1.54, 1.807) is 14.2 Å². The van der Waals surface area contributed by atoms with Gasteiger partial charge < -0.3 is 9.47 Å². The summed E-state index contributed by atoms with van der Waals surface area (Å²) < 4.78 is 10.1. The molecule has 1 aliphatic carbocycles. The summed E-state index contributed by atoms with van der Waals surface area (Å²) in [5.74, 6) is 0.279. The molecule has 16 heavy (non-hydrogen) atoms. The standard InChI is InChI=1S/C12H21NO3/c1-12(2)6-9(5-10(14)7-12)13-8-11(15-3)16-4/h11H,5-8H2,1-4H3. The molecule has 1 aliphatic rings. The second kappa shape index (κ2) is 5.55. The largest absolute Gasteiger partial charge is 0.354 e. The van der Waals surface area contributed by atoms with Crippen LogP contribution in [0.25, 0.3) is 0 Å². The van der Waals surface area contributed by atoms with E-state index in [-0.39, 0.29) is 17.5 Å². The van der Waals surface area contributed by atoms with Crippen molar-refractivity contribution in [1.82, 2.24) is 0 Å². The molecule has 4 nitrogen and oxygen atoms in total. The number of rotatable bonds is 4. The van der Waals surface area contributed by atoms with Gasteiger partial charge in [0.15, 0.2) is 6.29 Å². The quantitative estimate of drug-likeness (QED) is 0.688. The SMILES string of the molecule is COC(CN=C1CC(=O)CC(C)(C)C1)OC. The van der Waals surface area contributed by atoms with Gasteiger partial charge in [0.25, 0.3) is 0 Å². The highest BCUT2D eigenvalue weighted by Crippen LogP contribution is 2.31. The molecule has 0 unspecified atom stereocenters. The molecule has 0 saturated heterocycles. The van der Waals surface area contributed by atoms with Crippen molar-refractivity contribution in [3.63, 3.8) is 0 Å². The number of methoxy groups -OCH3 is 2. The summed E-state index contributed by atoms with van der Waals surface area (Å²) in [4.78, 5) is 15.9. The van der Waals surface area contributed by atoms with E-state index in [1.165, 1.54) is 0 Å². The van der Waals surface area contributed by atoms with Crippen LogP contribution < -0.4 is 0 Å². The fraction of sp³-hybridized carbons (Fsp3) is 0.833. The molecule has 1 saturated carbocycles. The molecule has 0 aromatic rings. The molecule has 1 rings (SSSR count). The van der Waals surface area contributed by atoms with Crippen LogP contribution in [0.15, 0.2) is 4.99 Å². The first kappa shape index (κ1) is 13.3. The van der Waals surface area contributed by atoms with Gasteiger partial charge in [-0.05, 0) is 11.8 Å². The van der Waals surface area contributed by atoms with E-state index in [2.05, 4.69) is 18.8 Å². The molecule has 92 valence electrons. The number of ether oxygens (including phenoxy) is 2. The third-order valence-electron chi connectivity index (χ3n) is 2.75. The van der Waals surface area contributed by atoms with Crippen molar-refractivity contribution in [2.45, 2.75) is 39.4 Å². The lowest BCUT2D eigenvalue weighted by Gasteiger charge is -2.29. The molecule has 0 amide bonds. The van der Waals surface area contributed by atoms with Crippen molar-refractivity contribution in [3.8, 4) is 0 Å². The number of carbonyl (C=O) groups is 1. The third-order valence-corrected chi connectivity index (χ3v) is 2.75. The van der Waals surface area contributed by atoms with Crippen molar-refractivity contribution in [1.29, 1.82) is 0 Å². The summed E-state index contributed by atoms with van der Waals surface area (Å²) in [5.41, 5.74) is 1.02. The van der Waals surface area contributed by atoms with Crippen molar-refractivity contribution < 1.29 is 14.3 Å². The summed E-state index contributed by atoms with van der Waals surface area (Å²) in [6, 6.07) is 0. The number of hydrogen-bond acceptors (Lipinski definition) is 4. The van der Waals surface area contributed by atoms with Crippen molar-refractivity contribution in [2.75, 3.05) is 20.8 Å². The molecule has 0 atom stereocenters. The minimum atomic E-state index is -0.312. The maximum absolute atomic E-state index is 11.5. The lowest BCUT2D eigenvalue weighted by molar-refractivity contribution is -0.120. The van der Waals surface area contributed by atoms with Crippen LogP contribution >= 0.6 is 0 Å². The summed E-state index contributed by atoms with van der Waals surface area (Å²) in [6.07, 6.45) is 1.72. The Labute approximate surface area is 97.0 Å². The van der Waals surface area contributed by atoms with Crippen molar-refractivity contribution in [3.05, 3.63) is 0 Å². The number of hydrogen-bond donors (Lipinski definition) is 0. The zero-order valence-electron chi connectivity index (χ0n) is 10.6. The van der Waals surface area contributed by atoms with Crippen LogP contribution in [0.5, 0.6) is 0 Å². The van der Waals surface area contributed by atoms with E-state index in [9.17, 15) is 4.79 Å². The Bertz CT molecular complexity index is 280. The van der Waals surface area contributed by atoms with Crippen LogP contribution in [-0.2, 0) is 14.3 Å². The lowest BCUT2D eigenvalue weighted by atomic mass is 9.76. The van der Waals surface area contributed by atoms with Gasteiger partial charge in [0, 0.05) is 32.8 Å². The van der Waals surface area contributed by atoms with Gasteiger partial charge in [-0.15, -0.1) is 0 Å². The van der Waals surface area contributed by atoms with Crippen LogP contribution in [0.4, 0.5) is 0 Å². The van der Waals surface area contributed by atoms with Gasteiger partial charge in [-0.25, -0.2) is 0 Å². The molecular weight excluding hydrogens is 206 g/mol. The number of ketones is 1. The van der Waals surface area contributed by atoms with Gasteiger partial charge in [0.05, 0.1) is 6.54 Å². The fourth-order valence-electron chi connectivity index (χ4n) is 2.06. The summed E-state index contributed by atoms with van der Waals surface area (Å²) >= 11 is 0. The zero-order chi connectivity index (χ0) is 12.2. The molecule has 4 heteroatoms. The smallest absolute Gasteiger partial charge is 0.176 e. The van der Waals surface area contributed by atoms with Crippen molar-refractivity contribution >= 4 is 11.5 Å². The minimum Gasteiger partial charge on any atom is -0.354 e. The lowest BCUT2D eigenvalue weighted by Crippen LogP contribution is -2.30. The molecule has 0 aliphatic heterocycles. The Balaban J connectivity index is 2.58. The fourth-order valence-corrected chi connectivity index (χ4v) is 2.06. The Hall–Kier alpha value is -0.740. The summed E-state index contributed by atoms with van der Waals surface area (Å²) in [7, 11) is 3.18. The molecule has 0 aromatic heterocycles. The average molecular weight is 227 g/mol. The van der Waals surface area contributed by atoms with E-state index in [0.29, 0.717) is 19.4 Å². The minimum absolute atomic E-state index is 0.0454. The molecule has 1 fully saturated rings. The molecule has 0 heterocycles. The zero-order valence-corrected chi connectivity index (χ0v) is 10.6. The van der Waals surface area contributed by atoms with Gasteiger partial charge >= 0.3 is 0 Å². The number of aliphatic imine (C=N–C) groups is 1. The summed E-state index contributed by atoms with van der Waals surface area (Å²) in [6.45, 7) is 4.67. The normalized spacial score (nSPS) is 23.1. The molecule has 0 aromatic carbocycles. The van der Waals surface area contributed by atoms with Crippen LogP contribution in [0.2, 0.25) is 0 Å². The van der Waals surface area contributed by atoms with Crippen LogP contribution in [0, 0.1) is 5.41 Å². The Morgan fingerprint density at radius 2 is 1.94 bits per heavy atom. The molecular formula is C12H21NO3. The van der Waals surface area contributed by atoms with Gasteiger partial charge in [-0.2, -0.15) is 0 Å². The van der Waals surface area contributed by atoms with Gasteiger partial charge in [0.2, 0.25) is 0 Å². The maximum Gasteiger partial charge on any atom is 0.176 e. The van der Waals surface area contributed by atoms with E-state index in [4.69, 9.17) is 9.47 Å².